The number of ether oxygens (including phenoxy) is 1. The summed E-state index contributed by atoms with van der Waals surface area (Å²) >= 11 is 0. The zero-order valence-electron chi connectivity index (χ0n) is 14.9. The van der Waals surface area contributed by atoms with Gasteiger partial charge >= 0.3 is 5.97 Å². The van der Waals surface area contributed by atoms with Crippen molar-refractivity contribution in [2.75, 3.05) is 6.61 Å². The monoisotopic (exact) mass is 363 g/mol. The zero-order valence-corrected chi connectivity index (χ0v) is 14.9. The summed E-state index contributed by atoms with van der Waals surface area (Å²) in [5.41, 5.74) is 0.219. The van der Waals surface area contributed by atoms with Crippen molar-refractivity contribution < 1.29 is 28.2 Å². The molecule has 2 aromatic rings. The van der Waals surface area contributed by atoms with Gasteiger partial charge in [-0.25, -0.2) is 9.18 Å². The smallest absolute Gasteiger partial charge is 0.326 e. The Hall–Kier alpha value is -2.67. The summed E-state index contributed by atoms with van der Waals surface area (Å²) < 4.78 is 23.9. The van der Waals surface area contributed by atoms with Crippen LogP contribution in [0.25, 0.3) is 11.3 Å². The summed E-state index contributed by atoms with van der Waals surface area (Å²) in [6.07, 6.45) is 0.129. The molecule has 0 saturated carbocycles. The summed E-state index contributed by atoms with van der Waals surface area (Å²) in [6.45, 7) is 5.78. The first kappa shape index (κ1) is 19.7. The van der Waals surface area contributed by atoms with Gasteiger partial charge in [0.05, 0.1) is 5.60 Å². The fourth-order valence-electron chi connectivity index (χ4n) is 2.20. The first-order valence-corrected chi connectivity index (χ1v) is 8.19. The quantitative estimate of drug-likeness (QED) is 0.786. The number of amides is 1. The van der Waals surface area contributed by atoms with Gasteiger partial charge in [-0.15, -0.1) is 0 Å². The van der Waals surface area contributed by atoms with E-state index in [1.807, 2.05) is 20.8 Å². The summed E-state index contributed by atoms with van der Waals surface area (Å²) in [5, 5.41) is 11.7. The number of carboxylic acids is 1. The van der Waals surface area contributed by atoms with Crippen molar-refractivity contribution in [2.45, 2.75) is 38.8 Å². The Labute approximate surface area is 151 Å². The Kier molecular flexibility index (Phi) is 6.15. The molecule has 1 amide bonds. The molecule has 2 rings (SSSR count). The van der Waals surface area contributed by atoms with Gasteiger partial charge < -0.3 is 19.6 Å². The van der Waals surface area contributed by atoms with Crippen LogP contribution in [0.15, 0.2) is 40.8 Å². The third-order valence-electron chi connectivity index (χ3n) is 3.50. The number of carbonyl (C=O) groups excluding carboxylic acids is 1. The topological polar surface area (TPSA) is 88.8 Å². The molecule has 1 aromatic carbocycles. The molecule has 0 aliphatic heterocycles. The molecular weight excluding hydrogens is 341 g/mol. The van der Waals surface area contributed by atoms with Crippen molar-refractivity contribution in [1.29, 1.82) is 0 Å². The molecule has 0 aliphatic carbocycles. The van der Waals surface area contributed by atoms with Gasteiger partial charge in [-0.2, -0.15) is 0 Å². The van der Waals surface area contributed by atoms with Crippen molar-refractivity contribution in [3.8, 4) is 11.3 Å². The number of nitrogens with one attached hydrogen (secondary N) is 1. The van der Waals surface area contributed by atoms with E-state index in [0.717, 1.165) is 0 Å². The van der Waals surface area contributed by atoms with E-state index >= 15 is 0 Å². The predicted octanol–water partition coefficient (Wildman–Crippen LogP) is 3.47. The molecule has 140 valence electrons. The third-order valence-corrected chi connectivity index (χ3v) is 3.50. The summed E-state index contributed by atoms with van der Waals surface area (Å²) in [7, 11) is 0. The lowest BCUT2D eigenvalue weighted by atomic mass is 10.1. The van der Waals surface area contributed by atoms with E-state index in [0.29, 0.717) is 11.3 Å². The Bertz CT molecular complexity index is 761. The Balaban J connectivity index is 2.01. The normalized spacial score (nSPS) is 12.6. The molecule has 26 heavy (non-hydrogen) atoms. The number of rotatable bonds is 7. The number of carboxylic acid groups (broad SMARTS) is 1. The van der Waals surface area contributed by atoms with Crippen molar-refractivity contribution in [3.05, 3.63) is 48.0 Å². The second kappa shape index (κ2) is 8.14. The minimum Gasteiger partial charge on any atom is -0.480 e. The van der Waals surface area contributed by atoms with Gasteiger partial charge in [-0.05, 0) is 57.2 Å². The van der Waals surface area contributed by atoms with Crippen LogP contribution in [-0.4, -0.2) is 35.2 Å². The van der Waals surface area contributed by atoms with E-state index < -0.39 is 23.5 Å². The lowest BCUT2D eigenvalue weighted by Gasteiger charge is -2.21. The minimum atomic E-state index is -1.15. The maximum absolute atomic E-state index is 13.0. The van der Waals surface area contributed by atoms with Crippen molar-refractivity contribution in [2.24, 2.45) is 0 Å². The second-order valence-electron chi connectivity index (χ2n) is 6.78. The molecular formula is C19H22FNO5. The number of halogens is 1. The molecule has 0 bridgehead atoms. The van der Waals surface area contributed by atoms with Gasteiger partial charge in [0, 0.05) is 18.6 Å². The number of benzene rings is 1. The van der Waals surface area contributed by atoms with Gasteiger partial charge in [0.15, 0.2) is 5.76 Å². The first-order valence-electron chi connectivity index (χ1n) is 8.19. The summed E-state index contributed by atoms with van der Waals surface area (Å²) in [6, 6.07) is 7.54. The van der Waals surface area contributed by atoms with E-state index in [-0.39, 0.29) is 24.6 Å². The van der Waals surface area contributed by atoms with E-state index in [1.54, 1.807) is 6.07 Å². The second-order valence-corrected chi connectivity index (χ2v) is 6.78. The molecule has 1 aromatic heterocycles. The SMILES string of the molecule is CC(C)(C)OCCC(NC(=O)c1ccc(-c2ccc(F)cc2)o1)C(=O)O. The van der Waals surface area contributed by atoms with E-state index in [2.05, 4.69) is 5.32 Å². The standard InChI is InChI=1S/C19H22FNO5/c1-19(2,3)25-11-10-14(18(23)24)21-17(22)16-9-8-15(26-16)12-4-6-13(20)7-5-12/h4-9,14H,10-11H2,1-3H3,(H,21,22)(H,23,24). The largest absolute Gasteiger partial charge is 0.480 e. The highest BCUT2D eigenvalue weighted by Crippen LogP contribution is 2.22. The maximum Gasteiger partial charge on any atom is 0.326 e. The Morgan fingerprint density at radius 3 is 2.42 bits per heavy atom. The number of hydrogen-bond donors (Lipinski definition) is 2. The zero-order chi connectivity index (χ0) is 19.3. The molecule has 0 fully saturated rings. The average molecular weight is 363 g/mol. The summed E-state index contributed by atoms with van der Waals surface area (Å²) in [4.78, 5) is 23.6. The molecule has 0 saturated heterocycles. The van der Waals surface area contributed by atoms with E-state index in [4.69, 9.17) is 9.15 Å². The van der Waals surface area contributed by atoms with Gasteiger partial charge in [0.1, 0.15) is 17.6 Å². The molecule has 2 N–H and O–H groups in total. The molecule has 6 nitrogen and oxygen atoms in total. The van der Waals surface area contributed by atoms with Crippen LogP contribution >= 0.6 is 0 Å². The highest BCUT2D eigenvalue weighted by molar-refractivity contribution is 5.94. The van der Waals surface area contributed by atoms with Crippen LogP contribution in [-0.2, 0) is 9.53 Å². The molecule has 0 aliphatic rings. The number of furan rings is 1. The Morgan fingerprint density at radius 2 is 1.85 bits per heavy atom. The van der Waals surface area contributed by atoms with Crippen molar-refractivity contribution in [3.63, 3.8) is 0 Å². The van der Waals surface area contributed by atoms with Crippen LogP contribution in [0.5, 0.6) is 0 Å². The molecule has 0 radical (unpaired) electrons. The lowest BCUT2D eigenvalue weighted by Crippen LogP contribution is -2.41. The third kappa shape index (κ3) is 5.70. The minimum absolute atomic E-state index is 0.0210. The van der Waals surface area contributed by atoms with Crippen molar-refractivity contribution >= 4 is 11.9 Å². The fraction of sp³-hybridized carbons (Fsp3) is 0.368. The Morgan fingerprint density at radius 1 is 1.19 bits per heavy atom. The van der Waals surface area contributed by atoms with Crippen LogP contribution in [0, 0.1) is 5.82 Å². The van der Waals surface area contributed by atoms with Crippen LogP contribution in [0.1, 0.15) is 37.7 Å². The average Bonchev–Trinajstić information content (AvgIpc) is 3.03. The first-order chi connectivity index (χ1) is 12.2. The number of aliphatic carboxylic acids is 1. The molecule has 1 atom stereocenters. The maximum atomic E-state index is 13.0. The van der Waals surface area contributed by atoms with E-state index in [9.17, 15) is 19.1 Å². The molecule has 1 unspecified atom stereocenters. The van der Waals surface area contributed by atoms with Gasteiger partial charge in [0.25, 0.3) is 5.91 Å². The van der Waals surface area contributed by atoms with Crippen LogP contribution in [0.2, 0.25) is 0 Å². The summed E-state index contributed by atoms with van der Waals surface area (Å²) in [5.74, 6) is -1.80. The van der Waals surface area contributed by atoms with E-state index in [1.165, 1.54) is 30.3 Å². The predicted molar refractivity (Wildman–Crippen MR) is 93.3 cm³/mol. The van der Waals surface area contributed by atoms with Crippen LogP contribution in [0.3, 0.4) is 0 Å². The van der Waals surface area contributed by atoms with Gasteiger partial charge in [-0.3, -0.25) is 4.79 Å². The van der Waals surface area contributed by atoms with Crippen molar-refractivity contribution in [1.82, 2.24) is 5.32 Å². The number of hydrogen-bond acceptors (Lipinski definition) is 4. The number of carbonyl (C=O) groups is 2. The van der Waals surface area contributed by atoms with Gasteiger partial charge in [-0.1, -0.05) is 0 Å². The van der Waals surface area contributed by atoms with Gasteiger partial charge in [0.2, 0.25) is 0 Å². The molecule has 0 spiro atoms. The molecule has 1 heterocycles. The molecule has 7 heteroatoms. The van der Waals surface area contributed by atoms with Crippen LogP contribution in [0.4, 0.5) is 4.39 Å². The highest BCUT2D eigenvalue weighted by atomic mass is 19.1. The van der Waals surface area contributed by atoms with Crippen LogP contribution < -0.4 is 5.32 Å². The highest BCUT2D eigenvalue weighted by Gasteiger charge is 2.23. The lowest BCUT2D eigenvalue weighted by molar-refractivity contribution is -0.140. The fourth-order valence-corrected chi connectivity index (χ4v) is 2.20.